The van der Waals surface area contributed by atoms with Gasteiger partial charge in [0.1, 0.15) is 0 Å². The summed E-state index contributed by atoms with van der Waals surface area (Å²) in [7, 11) is 0. The van der Waals surface area contributed by atoms with Crippen molar-refractivity contribution in [2.24, 2.45) is 0 Å². The van der Waals surface area contributed by atoms with Crippen LogP contribution in [0.5, 0.6) is 0 Å². The van der Waals surface area contributed by atoms with E-state index in [4.69, 9.17) is 0 Å². The molecule has 0 N–H and O–H groups in total. The molecule has 1 aromatic rings. The molecule has 82 valence electrons. The fourth-order valence-electron chi connectivity index (χ4n) is 2.90. The molecule has 2 unspecified atom stereocenters. The second kappa shape index (κ2) is 3.34. The molecule has 0 radical (unpaired) electrons. The molecule has 1 aliphatic rings. The van der Waals surface area contributed by atoms with E-state index in [0.29, 0.717) is 17.6 Å². The summed E-state index contributed by atoms with van der Waals surface area (Å²) in [5, 5.41) is 0. The van der Waals surface area contributed by atoms with Crippen LogP contribution in [0.3, 0.4) is 0 Å². The van der Waals surface area contributed by atoms with Gasteiger partial charge in [0.2, 0.25) is 0 Å². The van der Waals surface area contributed by atoms with Crippen LogP contribution in [0.4, 0.5) is 0 Å². The second-order valence-electron chi connectivity index (χ2n) is 5.41. The third-order valence-electron chi connectivity index (χ3n) is 3.58. The van der Waals surface area contributed by atoms with E-state index in [9.17, 15) is 0 Å². The first-order chi connectivity index (χ1) is 6.96. The molecule has 2 atom stereocenters. The van der Waals surface area contributed by atoms with E-state index in [1.807, 2.05) is 0 Å². The van der Waals surface area contributed by atoms with Gasteiger partial charge in [-0.25, -0.2) is 0 Å². The Kier molecular flexibility index (Phi) is 2.38. The van der Waals surface area contributed by atoms with E-state index in [1.165, 1.54) is 11.1 Å². The van der Waals surface area contributed by atoms with Crippen molar-refractivity contribution in [3.63, 3.8) is 0 Å². The van der Waals surface area contributed by atoms with Gasteiger partial charge < -0.3 is 0 Å². The van der Waals surface area contributed by atoms with Crippen LogP contribution in [0.15, 0.2) is 24.3 Å². The van der Waals surface area contributed by atoms with Gasteiger partial charge in [0, 0.05) is 11.6 Å². The highest BCUT2D eigenvalue weighted by molar-refractivity contribution is 5.37. The quantitative estimate of drug-likeness (QED) is 0.664. The Labute approximate surface area is 93.1 Å². The monoisotopic (exact) mass is 203 g/mol. The van der Waals surface area contributed by atoms with Crippen molar-refractivity contribution in [3.8, 4) is 0 Å². The predicted octanol–water partition coefficient (Wildman–Crippen LogP) is 3.54. The summed E-state index contributed by atoms with van der Waals surface area (Å²) in [5.41, 5.74) is 3.25. The first kappa shape index (κ1) is 10.7. The fraction of sp³-hybridized carbons (Fsp3) is 0.571. The Bertz CT molecular complexity index is 365. The van der Waals surface area contributed by atoms with Crippen molar-refractivity contribution in [1.82, 2.24) is 4.90 Å². The number of hydrogen-bond donors (Lipinski definition) is 0. The molecule has 1 nitrogen and oxygen atoms in total. The molecule has 0 bridgehead atoms. The molecule has 0 amide bonds. The number of benzene rings is 1. The summed E-state index contributed by atoms with van der Waals surface area (Å²) in [4.78, 5) is 2.58. The largest absolute Gasteiger partial charge is 0.285 e. The van der Waals surface area contributed by atoms with Crippen molar-refractivity contribution in [2.75, 3.05) is 0 Å². The van der Waals surface area contributed by atoms with Crippen LogP contribution in [0.1, 0.15) is 44.9 Å². The molecule has 1 heterocycles. The Morgan fingerprint density at radius 1 is 1.20 bits per heavy atom. The molecule has 2 rings (SSSR count). The molecule has 1 aliphatic heterocycles. The van der Waals surface area contributed by atoms with Gasteiger partial charge in [0.05, 0.1) is 6.04 Å². The zero-order chi connectivity index (χ0) is 11.2. The Hall–Kier alpha value is -0.820. The molecule has 1 fully saturated rings. The van der Waals surface area contributed by atoms with Gasteiger partial charge in [0.15, 0.2) is 0 Å². The van der Waals surface area contributed by atoms with Crippen molar-refractivity contribution >= 4 is 0 Å². The zero-order valence-corrected chi connectivity index (χ0v) is 10.4. The van der Waals surface area contributed by atoms with Gasteiger partial charge in [-0.3, -0.25) is 4.90 Å². The lowest BCUT2D eigenvalue weighted by Crippen LogP contribution is -2.16. The minimum Gasteiger partial charge on any atom is -0.285 e. The normalized spacial score (nSPS) is 28.1. The van der Waals surface area contributed by atoms with E-state index in [1.54, 1.807) is 0 Å². The molecule has 15 heavy (non-hydrogen) atoms. The van der Waals surface area contributed by atoms with Crippen LogP contribution in [-0.4, -0.2) is 16.5 Å². The molecule has 0 aromatic heterocycles. The number of aryl methyl sites for hydroxylation is 1. The van der Waals surface area contributed by atoms with Crippen LogP contribution in [0.25, 0.3) is 0 Å². The Morgan fingerprint density at radius 2 is 1.80 bits per heavy atom. The molecular formula is C14H21N. The average Bonchev–Trinajstić information content (AvgIpc) is 2.70. The highest BCUT2D eigenvalue weighted by atomic mass is 15.4. The maximum absolute atomic E-state index is 2.58. The first-order valence-electron chi connectivity index (χ1n) is 5.80. The van der Waals surface area contributed by atoms with Crippen LogP contribution in [0.2, 0.25) is 0 Å². The molecule has 1 heteroatoms. The maximum atomic E-state index is 2.58. The average molecular weight is 203 g/mol. The zero-order valence-electron chi connectivity index (χ0n) is 10.4. The topological polar surface area (TPSA) is 3.01 Å². The number of nitrogens with zero attached hydrogens (tertiary/aromatic N) is 1. The third kappa shape index (κ3) is 1.59. The molecule has 1 saturated heterocycles. The third-order valence-corrected chi connectivity index (χ3v) is 3.58. The molecule has 0 spiro atoms. The first-order valence-corrected chi connectivity index (χ1v) is 5.80. The van der Waals surface area contributed by atoms with Crippen molar-refractivity contribution < 1.29 is 0 Å². The van der Waals surface area contributed by atoms with Crippen LogP contribution < -0.4 is 0 Å². The molecule has 1 aromatic carbocycles. The van der Waals surface area contributed by atoms with E-state index >= 15 is 0 Å². The number of rotatable bonds is 2. The van der Waals surface area contributed by atoms with Crippen LogP contribution >= 0.6 is 0 Å². The second-order valence-corrected chi connectivity index (χ2v) is 5.41. The summed E-state index contributed by atoms with van der Waals surface area (Å²) < 4.78 is 0. The van der Waals surface area contributed by atoms with Crippen molar-refractivity contribution in [1.29, 1.82) is 0 Å². The Balaban J connectivity index is 2.32. The lowest BCUT2D eigenvalue weighted by Gasteiger charge is -2.10. The highest BCUT2D eigenvalue weighted by Crippen LogP contribution is 2.54. The SMILES string of the molecule is Cc1ccccc1C1N(C(C)C)C1(C)C. The molecule has 0 saturated carbocycles. The smallest absolute Gasteiger partial charge is 0.0538 e. The van der Waals surface area contributed by atoms with Gasteiger partial charge >= 0.3 is 0 Å². The van der Waals surface area contributed by atoms with Gasteiger partial charge in [0.25, 0.3) is 0 Å². The van der Waals surface area contributed by atoms with Crippen LogP contribution in [0, 0.1) is 6.92 Å². The van der Waals surface area contributed by atoms with E-state index in [-0.39, 0.29) is 0 Å². The van der Waals surface area contributed by atoms with E-state index in [2.05, 4.69) is 63.8 Å². The summed E-state index contributed by atoms with van der Waals surface area (Å²) in [6.45, 7) is 11.4. The summed E-state index contributed by atoms with van der Waals surface area (Å²) in [6, 6.07) is 9.98. The lowest BCUT2D eigenvalue weighted by molar-refractivity contribution is 0.364. The van der Waals surface area contributed by atoms with E-state index in [0.717, 1.165) is 0 Å². The Morgan fingerprint density at radius 3 is 2.27 bits per heavy atom. The van der Waals surface area contributed by atoms with Crippen LogP contribution in [-0.2, 0) is 0 Å². The standard InChI is InChI=1S/C14H21N/c1-10(2)15-13(14(15,4)5)12-9-7-6-8-11(12)3/h6-10,13H,1-5H3. The number of hydrogen-bond acceptors (Lipinski definition) is 1. The van der Waals surface area contributed by atoms with Crippen molar-refractivity contribution in [3.05, 3.63) is 35.4 Å². The van der Waals surface area contributed by atoms with Gasteiger partial charge in [-0.2, -0.15) is 0 Å². The van der Waals surface area contributed by atoms with Gasteiger partial charge in [-0.05, 0) is 45.7 Å². The molecular weight excluding hydrogens is 182 g/mol. The summed E-state index contributed by atoms with van der Waals surface area (Å²) in [5.74, 6) is 0. The van der Waals surface area contributed by atoms with E-state index < -0.39 is 0 Å². The predicted molar refractivity (Wildman–Crippen MR) is 65.0 cm³/mol. The lowest BCUT2D eigenvalue weighted by atomic mass is 9.99. The van der Waals surface area contributed by atoms with Gasteiger partial charge in [-0.15, -0.1) is 0 Å². The highest BCUT2D eigenvalue weighted by Gasteiger charge is 2.57. The summed E-state index contributed by atoms with van der Waals surface area (Å²) in [6.07, 6.45) is 0. The minimum absolute atomic E-state index is 0.334. The minimum atomic E-state index is 0.334. The maximum Gasteiger partial charge on any atom is 0.0538 e. The fourth-order valence-corrected chi connectivity index (χ4v) is 2.90. The summed E-state index contributed by atoms with van der Waals surface area (Å²) >= 11 is 0. The molecule has 0 aliphatic carbocycles. The van der Waals surface area contributed by atoms with Gasteiger partial charge in [-0.1, -0.05) is 24.3 Å². The van der Waals surface area contributed by atoms with Crippen molar-refractivity contribution in [2.45, 2.75) is 52.2 Å².